The Morgan fingerprint density at radius 2 is 2.10 bits per heavy atom. The lowest BCUT2D eigenvalue weighted by molar-refractivity contribution is -0.137. The molecule has 0 aliphatic carbocycles. The standard InChI is InChI=1S/C14H16F3N3O/c1-9(18-7-6-13-19-10(2)20-21-13)11-4-3-5-12(8-11)14(15,16)17/h3-5,8-9,18H,6-7H2,1-2H3. The van der Waals surface area contributed by atoms with Crippen LogP contribution in [0.1, 0.15) is 35.8 Å². The Morgan fingerprint density at radius 1 is 1.33 bits per heavy atom. The Bertz CT molecular complexity index is 595. The number of hydrogen-bond acceptors (Lipinski definition) is 4. The number of halogens is 3. The molecule has 1 N–H and O–H groups in total. The summed E-state index contributed by atoms with van der Waals surface area (Å²) >= 11 is 0. The Balaban J connectivity index is 1.92. The zero-order valence-corrected chi connectivity index (χ0v) is 11.7. The quantitative estimate of drug-likeness (QED) is 0.920. The predicted octanol–water partition coefficient (Wildman–Crippen LogP) is 3.29. The van der Waals surface area contributed by atoms with Gasteiger partial charge >= 0.3 is 6.18 Å². The monoisotopic (exact) mass is 299 g/mol. The molecule has 0 aliphatic heterocycles. The summed E-state index contributed by atoms with van der Waals surface area (Å²) in [5, 5.41) is 6.81. The lowest BCUT2D eigenvalue weighted by Crippen LogP contribution is -2.22. The predicted molar refractivity (Wildman–Crippen MR) is 70.6 cm³/mol. The molecule has 1 heterocycles. The average Bonchev–Trinajstić information content (AvgIpc) is 2.83. The van der Waals surface area contributed by atoms with Crippen LogP contribution in [0.4, 0.5) is 13.2 Å². The Morgan fingerprint density at radius 3 is 2.71 bits per heavy atom. The molecular weight excluding hydrogens is 283 g/mol. The normalized spacial score (nSPS) is 13.4. The second-order valence-corrected chi connectivity index (χ2v) is 4.78. The van der Waals surface area contributed by atoms with Crippen LogP contribution < -0.4 is 5.32 Å². The van der Waals surface area contributed by atoms with E-state index in [0.29, 0.717) is 30.2 Å². The van der Waals surface area contributed by atoms with Gasteiger partial charge in [0.25, 0.3) is 0 Å². The van der Waals surface area contributed by atoms with Crippen LogP contribution in [0.25, 0.3) is 0 Å². The van der Waals surface area contributed by atoms with Crippen molar-refractivity contribution in [1.82, 2.24) is 15.5 Å². The highest BCUT2D eigenvalue weighted by Crippen LogP contribution is 2.30. The third-order valence-corrected chi connectivity index (χ3v) is 3.07. The molecule has 1 unspecified atom stereocenters. The number of nitrogens with one attached hydrogen (secondary N) is 1. The van der Waals surface area contributed by atoms with E-state index in [0.717, 1.165) is 12.1 Å². The summed E-state index contributed by atoms with van der Waals surface area (Å²) < 4.78 is 42.9. The topological polar surface area (TPSA) is 51.0 Å². The highest BCUT2D eigenvalue weighted by molar-refractivity contribution is 5.27. The van der Waals surface area contributed by atoms with Crippen LogP contribution in [0.15, 0.2) is 28.8 Å². The molecule has 0 aliphatic rings. The van der Waals surface area contributed by atoms with Gasteiger partial charge in [-0.2, -0.15) is 18.2 Å². The maximum Gasteiger partial charge on any atom is 0.416 e. The smallest absolute Gasteiger partial charge is 0.339 e. The Labute approximate surface area is 120 Å². The second-order valence-electron chi connectivity index (χ2n) is 4.78. The largest absolute Gasteiger partial charge is 0.416 e. The third-order valence-electron chi connectivity index (χ3n) is 3.07. The van der Waals surface area contributed by atoms with E-state index in [4.69, 9.17) is 4.52 Å². The van der Waals surface area contributed by atoms with Crippen molar-refractivity contribution in [2.75, 3.05) is 6.54 Å². The molecule has 7 heteroatoms. The van der Waals surface area contributed by atoms with Gasteiger partial charge in [0, 0.05) is 19.0 Å². The number of benzene rings is 1. The fraction of sp³-hybridized carbons (Fsp3) is 0.429. The number of nitrogens with zero attached hydrogens (tertiary/aromatic N) is 2. The Kier molecular flexibility index (Phi) is 4.62. The molecule has 0 saturated heterocycles. The Hall–Kier alpha value is -1.89. The van der Waals surface area contributed by atoms with Crippen molar-refractivity contribution < 1.29 is 17.7 Å². The SMILES string of the molecule is Cc1noc(CCNC(C)c2cccc(C(F)(F)F)c2)n1. The van der Waals surface area contributed by atoms with E-state index in [1.54, 1.807) is 13.0 Å². The molecular formula is C14H16F3N3O. The van der Waals surface area contributed by atoms with Crippen molar-refractivity contribution in [1.29, 1.82) is 0 Å². The van der Waals surface area contributed by atoms with Crippen LogP contribution >= 0.6 is 0 Å². The zero-order valence-electron chi connectivity index (χ0n) is 11.7. The maximum atomic E-state index is 12.7. The van der Waals surface area contributed by atoms with Gasteiger partial charge in [-0.1, -0.05) is 17.3 Å². The van der Waals surface area contributed by atoms with Crippen molar-refractivity contribution in [2.24, 2.45) is 0 Å². The first kappa shape index (κ1) is 15.5. The molecule has 1 aromatic heterocycles. The maximum absolute atomic E-state index is 12.7. The highest BCUT2D eigenvalue weighted by Gasteiger charge is 2.30. The number of rotatable bonds is 5. The number of aromatic nitrogens is 2. The van der Waals surface area contributed by atoms with Crippen molar-refractivity contribution in [3.05, 3.63) is 47.1 Å². The summed E-state index contributed by atoms with van der Waals surface area (Å²) in [4.78, 5) is 4.06. The van der Waals surface area contributed by atoms with Crippen LogP contribution in [0.2, 0.25) is 0 Å². The van der Waals surface area contributed by atoms with E-state index < -0.39 is 11.7 Å². The summed E-state index contributed by atoms with van der Waals surface area (Å²) in [5.41, 5.74) is -0.0484. The van der Waals surface area contributed by atoms with Gasteiger partial charge in [0.2, 0.25) is 5.89 Å². The lowest BCUT2D eigenvalue weighted by Gasteiger charge is -2.15. The minimum absolute atomic E-state index is 0.198. The molecule has 0 saturated carbocycles. The van der Waals surface area contributed by atoms with Crippen LogP contribution in [0.5, 0.6) is 0 Å². The number of aryl methyl sites for hydroxylation is 1. The summed E-state index contributed by atoms with van der Waals surface area (Å²) in [5.74, 6) is 1.08. The van der Waals surface area contributed by atoms with Crippen molar-refractivity contribution >= 4 is 0 Å². The molecule has 21 heavy (non-hydrogen) atoms. The van der Waals surface area contributed by atoms with Crippen LogP contribution in [0, 0.1) is 6.92 Å². The number of alkyl halides is 3. The van der Waals surface area contributed by atoms with Crippen molar-refractivity contribution in [2.45, 2.75) is 32.5 Å². The highest BCUT2D eigenvalue weighted by atomic mass is 19.4. The van der Waals surface area contributed by atoms with E-state index in [2.05, 4.69) is 15.5 Å². The fourth-order valence-electron chi connectivity index (χ4n) is 1.94. The molecule has 0 fully saturated rings. The molecule has 0 radical (unpaired) electrons. The minimum atomic E-state index is -4.32. The van der Waals surface area contributed by atoms with Crippen molar-refractivity contribution in [3.63, 3.8) is 0 Å². The van der Waals surface area contributed by atoms with Crippen LogP contribution in [-0.4, -0.2) is 16.7 Å². The lowest BCUT2D eigenvalue weighted by atomic mass is 10.0. The van der Waals surface area contributed by atoms with E-state index in [1.165, 1.54) is 6.07 Å². The summed E-state index contributed by atoms with van der Waals surface area (Å²) in [7, 11) is 0. The first-order valence-corrected chi connectivity index (χ1v) is 6.56. The van der Waals surface area contributed by atoms with Gasteiger partial charge in [-0.05, 0) is 31.5 Å². The molecule has 114 valence electrons. The summed E-state index contributed by atoms with van der Waals surface area (Å²) in [6.07, 6.45) is -3.79. The average molecular weight is 299 g/mol. The van der Waals surface area contributed by atoms with Gasteiger partial charge in [-0.15, -0.1) is 0 Å². The van der Waals surface area contributed by atoms with Gasteiger partial charge in [-0.3, -0.25) is 0 Å². The first-order chi connectivity index (χ1) is 9.86. The van der Waals surface area contributed by atoms with Crippen LogP contribution in [0.3, 0.4) is 0 Å². The summed E-state index contributed by atoms with van der Waals surface area (Å²) in [6, 6.07) is 5.12. The van der Waals surface area contributed by atoms with E-state index >= 15 is 0 Å². The third kappa shape index (κ3) is 4.29. The molecule has 1 atom stereocenters. The van der Waals surface area contributed by atoms with Gasteiger partial charge < -0.3 is 9.84 Å². The van der Waals surface area contributed by atoms with E-state index in [-0.39, 0.29) is 6.04 Å². The molecule has 0 bridgehead atoms. The van der Waals surface area contributed by atoms with Crippen molar-refractivity contribution in [3.8, 4) is 0 Å². The van der Waals surface area contributed by atoms with Gasteiger partial charge in [0.1, 0.15) is 0 Å². The van der Waals surface area contributed by atoms with E-state index in [9.17, 15) is 13.2 Å². The van der Waals surface area contributed by atoms with Gasteiger partial charge in [0.15, 0.2) is 5.82 Å². The number of hydrogen-bond donors (Lipinski definition) is 1. The van der Waals surface area contributed by atoms with Gasteiger partial charge in [0.05, 0.1) is 5.56 Å². The molecule has 2 rings (SSSR count). The van der Waals surface area contributed by atoms with Gasteiger partial charge in [-0.25, -0.2) is 0 Å². The summed E-state index contributed by atoms with van der Waals surface area (Å²) in [6.45, 7) is 4.08. The minimum Gasteiger partial charge on any atom is -0.339 e. The molecule has 0 amide bonds. The molecule has 2 aromatic rings. The zero-order chi connectivity index (χ0) is 15.5. The molecule has 4 nitrogen and oxygen atoms in total. The second kappa shape index (κ2) is 6.26. The fourth-order valence-corrected chi connectivity index (χ4v) is 1.94. The molecule has 0 spiro atoms. The molecule has 1 aromatic carbocycles. The van der Waals surface area contributed by atoms with E-state index in [1.807, 2.05) is 6.92 Å². The first-order valence-electron chi connectivity index (χ1n) is 6.56. The van der Waals surface area contributed by atoms with Crippen LogP contribution in [-0.2, 0) is 12.6 Å².